The molecule has 0 aliphatic carbocycles. The van der Waals surface area contributed by atoms with Gasteiger partial charge in [-0.2, -0.15) is 0 Å². The summed E-state index contributed by atoms with van der Waals surface area (Å²) in [5.41, 5.74) is -2.73. The molecule has 1 aromatic heterocycles. The lowest BCUT2D eigenvalue weighted by Crippen LogP contribution is -2.42. The first-order valence-electron chi connectivity index (χ1n) is 6.67. The Kier molecular flexibility index (Phi) is 5.14. The van der Waals surface area contributed by atoms with Crippen molar-refractivity contribution in [2.24, 2.45) is 0 Å². The molecule has 5 N–H and O–H groups in total. The molecule has 0 spiro atoms. The van der Waals surface area contributed by atoms with E-state index in [4.69, 9.17) is 9.84 Å². The average Bonchev–Trinajstić information content (AvgIpc) is 2.82. The summed E-state index contributed by atoms with van der Waals surface area (Å²) in [6.45, 7) is -0.623. The molecule has 1 fully saturated rings. The van der Waals surface area contributed by atoms with Crippen molar-refractivity contribution in [1.29, 1.82) is 0 Å². The molecule has 0 bridgehead atoms. The number of carbonyl (C=O) groups is 2. The minimum absolute atomic E-state index is 0.623. The number of aliphatic hydroxyl groups is 3. The highest BCUT2D eigenvalue weighted by Gasteiger charge is 2.44. The molecule has 2 heterocycles. The number of amides is 2. The Hall–Kier alpha value is -2.54. The van der Waals surface area contributed by atoms with Gasteiger partial charge >= 0.3 is 11.8 Å². The number of nitrogens with one attached hydrogen (secondary N) is 2. The molecule has 0 radical (unpaired) electrons. The molecule has 0 aromatic carbocycles. The zero-order chi connectivity index (χ0) is 18.0. The number of aromatic nitrogens is 2. The highest BCUT2D eigenvalue weighted by atomic mass is 16.6. The van der Waals surface area contributed by atoms with Crippen molar-refractivity contribution in [2.75, 3.05) is 13.7 Å². The van der Waals surface area contributed by atoms with E-state index in [1.54, 1.807) is 5.32 Å². The molecular weight excluding hydrogens is 330 g/mol. The Bertz CT molecular complexity index is 755. The molecule has 1 saturated heterocycles. The van der Waals surface area contributed by atoms with Gasteiger partial charge in [-0.15, -0.1) is 0 Å². The third-order valence-corrected chi connectivity index (χ3v) is 3.40. The van der Waals surface area contributed by atoms with E-state index in [-0.39, 0.29) is 0 Å². The fraction of sp³-hybridized carbons (Fsp3) is 0.500. The third-order valence-electron chi connectivity index (χ3n) is 3.40. The molecule has 12 nitrogen and oxygen atoms in total. The van der Waals surface area contributed by atoms with Crippen LogP contribution in [0.3, 0.4) is 0 Å². The number of alkyl carbamates (subject to hydrolysis) is 1. The van der Waals surface area contributed by atoms with Gasteiger partial charge in [0, 0.05) is 6.20 Å². The van der Waals surface area contributed by atoms with Crippen LogP contribution in [0.2, 0.25) is 0 Å². The lowest BCUT2D eigenvalue weighted by molar-refractivity contribution is -0.0551. The summed E-state index contributed by atoms with van der Waals surface area (Å²) in [5.74, 6) is -1.15. The van der Waals surface area contributed by atoms with Crippen molar-refractivity contribution in [1.82, 2.24) is 14.9 Å². The number of ether oxygens (including phenoxy) is 2. The van der Waals surface area contributed by atoms with E-state index >= 15 is 0 Å². The van der Waals surface area contributed by atoms with E-state index in [2.05, 4.69) is 4.74 Å². The predicted octanol–water partition coefficient (Wildman–Crippen LogP) is -3.36. The fourth-order valence-electron chi connectivity index (χ4n) is 2.16. The van der Waals surface area contributed by atoms with Crippen molar-refractivity contribution in [3.05, 3.63) is 32.6 Å². The maximum absolute atomic E-state index is 11.9. The maximum atomic E-state index is 11.9. The summed E-state index contributed by atoms with van der Waals surface area (Å²) in [7, 11) is 1.01. The summed E-state index contributed by atoms with van der Waals surface area (Å²) >= 11 is 0. The third kappa shape index (κ3) is 3.21. The zero-order valence-electron chi connectivity index (χ0n) is 12.3. The predicted molar refractivity (Wildman–Crippen MR) is 74.2 cm³/mol. The number of nitrogens with zero attached hydrogens (tertiary/aromatic N) is 1. The molecule has 0 saturated carbocycles. The molecule has 1 aliphatic heterocycles. The lowest BCUT2D eigenvalue weighted by Gasteiger charge is -2.17. The second-order valence-corrected chi connectivity index (χ2v) is 4.88. The van der Waals surface area contributed by atoms with E-state index in [1.807, 2.05) is 4.98 Å². The monoisotopic (exact) mass is 345 g/mol. The number of hydrogen-bond acceptors (Lipinski definition) is 9. The summed E-state index contributed by atoms with van der Waals surface area (Å²) in [5, 5.41) is 30.4. The molecule has 12 heteroatoms. The topological polar surface area (TPSA) is 180 Å². The summed E-state index contributed by atoms with van der Waals surface area (Å²) in [6, 6.07) is 0. The fourth-order valence-corrected chi connectivity index (χ4v) is 2.16. The Morgan fingerprint density at radius 2 is 2.04 bits per heavy atom. The van der Waals surface area contributed by atoms with Crippen LogP contribution in [-0.4, -0.2) is 68.9 Å². The van der Waals surface area contributed by atoms with E-state index in [0.717, 1.165) is 13.3 Å². The van der Waals surface area contributed by atoms with Crippen LogP contribution in [0.1, 0.15) is 16.6 Å². The molecular formula is C12H15N3O9. The zero-order valence-corrected chi connectivity index (χ0v) is 12.3. The first-order chi connectivity index (χ1) is 11.3. The van der Waals surface area contributed by atoms with Gasteiger partial charge in [0.15, 0.2) is 6.23 Å². The first kappa shape index (κ1) is 17.8. The molecule has 24 heavy (non-hydrogen) atoms. The van der Waals surface area contributed by atoms with Crippen molar-refractivity contribution < 1.29 is 34.4 Å². The summed E-state index contributed by atoms with van der Waals surface area (Å²) < 4.78 is 10.0. The molecule has 0 unspecified atom stereocenters. The first-order valence-corrected chi connectivity index (χ1v) is 6.67. The van der Waals surface area contributed by atoms with Crippen LogP contribution in [0.25, 0.3) is 0 Å². The van der Waals surface area contributed by atoms with E-state index < -0.39 is 60.0 Å². The van der Waals surface area contributed by atoms with E-state index in [9.17, 15) is 29.4 Å². The van der Waals surface area contributed by atoms with Crippen LogP contribution in [0.15, 0.2) is 15.8 Å². The number of hydrogen-bond donors (Lipinski definition) is 5. The Morgan fingerprint density at radius 3 is 2.58 bits per heavy atom. The number of carbonyl (C=O) groups excluding carboxylic acids is 2. The molecule has 4 atom stereocenters. The molecule has 1 aliphatic rings. The van der Waals surface area contributed by atoms with E-state index in [1.165, 1.54) is 0 Å². The van der Waals surface area contributed by atoms with Crippen LogP contribution in [0.4, 0.5) is 4.79 Å². The number of aliphatic hydroxyl groups excluding tert-OH is 3. The van der Waals surface area contributed by atoms with Crippen molar-refractivity contribution >= 4 is 12.0 Å². The normalized spacial score (nSPS) is 26.2. The number of imide groups is 1. The van der Waals surface area contributed by atoms with Crippen LogP contribution < -0.4 is 16.6 Å². The van der Waals surface area contributed by atoms with Crippen LogP contribution >= 0.6 is 0 Å². The average molecular weight is 345 g/mol. The van der Waals surface area contributed by atoms with Gasteiger partial charge in [-0.25, -0.2) is 9.59 Å². The highest BCUT2D eigenvalue weighted by molar-refractivity contribution is 6.02. The second-order valence-electron chi connectivity index (χ2n) is 4.88. The van der Waals surface area contributed by atoms with E-state index in [0.29, 0.717) is 4.57 Å². The highest BCUT2D eigenvalue weighted by Crippen LogP contribution is 2.27. The quantitative estimate of drug-likeness (QED) is 0.374. The molecule has 132 valence electrons. The number of methoxy groups -OCH3 is 1. The molecule has 2 rings (SSSR count). The van der Waals surface area contributed by atoms with Gasteiger partial charge in [0.1, 0.15) is 23.9 Å². The molecule has 2 amide bonds. The van der Waals surface area contributed by atoms with Gasteiger partial charge in [0.05, 0.1) is 13.7 Å². The minimum atomic E-state index is -1.60. The summed E-state index contributed by atoms with van der Waals surface area (Å²) in [4.78, 5) is 48.3. The molecule has 1 aromatic rings. The van der Waals surface area contributed by atoms with Crippen LogP contribution in [0, 0.1) is 0 Å². The Morgan fingerprint density at radius 1 is 1.38 bits per heavy atom. The lowest BCUT2D eigenvalue weighted by atomic mass is 10.1. The van der Waals surface area contributed by atoms with Crippen molar-refractivity contribution in [3.8, 4) is 0 Å². The van der Waals surface area contributed by atoms with Crippen molar-refractivity contribution in [3.63, 3.8) is 0 Å². The number of aromatic amines is 1. The number of rotatable bonds is 3. The van der Waals surface area contributed by atoms with Crippen LogP contribution in [-0.2, 0) is 9.47 Å². The summed E-state index contributed by atoms with van der Waals surface area (Å²) in [6.07, 6.45) is -6.04. The second kappa shape index (κ2) is 6.92. The van der Waals surface area contributed by atoms with Gasteiger partial charge in [-0.3, -0.25) is 24.5 Å². The van der Waals surface area contributed by atoms with Crippen LogP contribution in [0.5, 0.6) is 0 Å². The largest absolute Gasteiger partial charge is 0.453 e. The van der Waals surface area contributed by atoms with Gasteiger partial charge in [0.2, 0.25) is 0 Å². The van der Waals surface area contributed by atoms with Gasteiger partial charge < -0.3 is 24.8 Å². The smallest absolute Gasteiger partial charge is 0.413 e. The number of H-pyrrole nitrogens is 1. The standard InChI is InChI=1S/C12H15N3O9/c1-23-12(22)14-9(20)4-2-15(11(21)13-8(4)19)10-7(18)6(17)5(3-16)24-10/h2,5-7,10,16-18H,3H2,1H3,(H,13,19,21)(H,14,20,22)/t5-,6+,7+,10+/m0/s1. The van der Waals surface area contributed by atoms with Gasteiger partial charge in [0.25, 0.3) is 11.5 Å². The van der Waals surface area contributed by atoms with Gasteiger partial charge in [-0.1, -0.05) is 0 Å². The minimum Gasteiger partial charge on any atom is -0.453 e. The van der Waals surface area contributed by atoms with Crippen molar-refractivity contribution in [2.45, 2.75) is 24.5 Å². The van der Waals surface area contributed by atoms with Gasteiger partial charge in [-0.05, 0) is 0 Å². The maximum Gasteiger partial charge on any atom is 0.413 e. The Balaban J connectivity index is 2.40. The SMILES string of the molecule is COC(=O)NC(=O)c1cn([C@@H]2O[C@@H](CO)[C@@H](O)[C@H]2O)c(=O)[nH]c1=O. The Labute approximate surface area is 133 Å².